The van der Waals surface area contributed by atoms with E-state index in [0.717, 1.165) is 12.8 Å². The number of ether oxygens (including phenoxy) is 1. The maximum Gasteiger partial charge on any atom is 0.328 e. The quantitative estimate of drug-likeness (QED) is 0.647. The molecule has 5 heteroatoms. The SMILES string of the molecule is COC(=O)[C@H](CC1CCCCC1)NC(=O)c1ccccc1N. The van der Waals surface area contributed by atoms with Gasteiger partial charge in [0.25, 0.3) is 5.91 Å². The van der Waals surface area contributed by atoms with Gasteiger partial charge in [-0.25, -0.2) is 4.79 Å². The molecule has 1 aromatic carbocycles. The number of esters is 1. The smallest absolute Gasteiger partial charge is 0.328 e. The minimum Gasteiger partial charge on any atom is -0.467 e. The maximum atomic E-state index is 12.3. The fourth-order valence-corrected chi connectivity index (χ4v) is 3.05. The molecule has 2 rings (SSSR count). The second kappa shape index (κ2) is 7.82. The zero-order valence-corrected chi connectivity index (χ0v) is 13.0. The average molecular weight is 304 g/mol. The average Bonchev–Trinajstić information content (AvgIpc) is 2.54. The predicted molar refractivity (Wildman–Crippen MR) is 85.3 cm³/mol. The fraction of sp³-hybridized carbons (Fsp3) is 0.529. The number of hydrogen-bond acceptors (Lipinski definition) is 4. The number of methoxy groups -OCH3 is 1. The minimum absolute atomic E-state index is 0.329. The summed E-state index contributed by atoms with van der Waals surface area (Å²) in [4.78, 5) is 24.3. The highest BCUT2D eigenvalue weighted by Crippen LogP contribution is 2.27. The summed E-state index contributed by atoms with van der Waals surface area (Å²) in [6.45, 7) is 0. The Hall–Kier alpha value is -2.04. The number of rotatable bonds is 5. The van der Waals surface area contributed by atoms with Crippen LogP contribution in [0.15, 0.2) is 24.3 Å². The number of nitrogens with two attached hydrogens (primary N) is 1. The molecule has 1 saturated carbocycles. The highest BCUT2D eigenvalue weighted by atomic mass is 16.5. The Morgan fingerprint density at radius 3 is 2.59 bits per heavy atom. The summed E-state index contributed by atoms with van der Waals surface area (Å²) in [5.74, 6) is -0.260. The Balaban J connectivity index is 2.04. The van der Waals surface area contributed by atoms with E-state index in [1.54, 1.807) is 24.3 Å². The van der Waals surface area contributed by atoms with Gasteiger partial charge in [-0.15, -0.1) is 0 Å². The number of carbonyl (C=O) groups excluding carboxylic acids is 2. The molecule has 0 aliphatic heterocycles. The monoisotopic (exact) mass is 304 g/mol. The van der Waals surface area contributed by atoms with Crippen LogP contribution in [0.25, 0.3) is 0 Å². The van der Waals surface area contributed by atoms with Crippen LogP contribution < -0.4 is 11.1 Å². The van der Waals surface area contributed by atoms with Crippen molar-refractivity contribution >= 4 is 17.6 Å². The maximum absolute atomic E-state index is 12.3. The third kappa shape index (κ3) is 4.23. The van der Waals surface area contributed by atoms with Crippen molar-refractivity contribution in [3.8, 4) is 0 Å². The minimum atomic E-state index is -0.611. The van der Waals surface area contributed by atoms with Crippen LogP contribution in [0.5, 0.6) is 0 Å². The summed E-state index contributed by atoms with van der Waals surface area (Å²) in [7, 11) is 1.35. The van der Waals surface area contributed by atoms with Crippen LogP contribution in [0.4, 0.5) is 5.69 Å². The zero-order chi connectivity index (χ0) is 15.9. The van der Waals surface area contributed by atoms with E-state index in [0.29, 0.717) is 23.6 Å². The van der Waals surface area contributed by atoms with Gasteiger partial charge in [-0.2, -0.15) is 0 Å². The summed E-state index contributed by atoms with van der Waals surface area (Å²) in [5.41, 5.74) is 6.61. The Labute approximate surface area is 131 Å². The third-order valence-electron chi connectivity index (χ3n) is 4.29. The van der Waals surface area contributed by atoms with Crippen molar-refractivity contribution in [1.82, 2.24) is 5.32 Å². The van der Waals surface area contributed by atoms with Gasteiger partial charge in [-0.3, -0.25) is 4.79 Å². The highest BCUT2D eigenvalue weighted by Gasteiger charge is 2.27. The Bertz CT molecular complexity index is 524. The second-order valence-electron chi connectivity index (χ2n) is 5.88. The van der Waals surface area contributed by atoms with Crippen molar-refractivity contribution < 1.29 is 14.3 Å². The van der Waals surface area contributed by atoms with E-state index in [2.05, 4.69) is 5.32 Å². The molecule has 1 atom stereocenters. The third-order valence-corrected chi connectivity index (χ3v) is 4.29. The van der Waals surface area contributed by atoms with Gasteiger partial charge in [0.05, 0.1) is 12.7 Å². The van der Waals surface area contributed by atoms with Gasteiger partial charge in [-0.05, 0) is 24.5 Å². The molecular weight excluding hydrogens is 280 g/mol. The number of amides is 1. The van der Waals surface area contributed by atoms with Crippen LogP contribution in [0.2, 0.25) is 0 Å². The van der Waals surface area contributed by atoms with E-state index >= 15 is 0 Å². The lowest BCUT2D eigenvalue weighted by Crippen LogP contribution is -2.43. The molecule has 0 unspecified atom stereocenters. The molecule has 120 valence electrons. The molecule has 0 bridgehead atoms. The molecule has 1 aliphatic rings. The summed E-state index contributed by atoms with van der Waals surface area (Å²) in [5, 5.41) is 2.78. The number of para-hydroxylation sites is 1. The predicted octanol–water partition coefficient (Wildman–Crippen LogP) is 2.51. The first-order valence-corrected chi connectivity index (χ1v) is 7.85. The number of benzene rings is 1. The van der Waals surface area contributed by atoms with Crippen molar-refractivity contribution in [1.29, 1.82) is 0 Å². The summed E-state index contributed by atoms with van der Waals surface area (Å²) < 4.78 is 4.84. The van der Waals surface area contributed by atoms with E-state index in [1.165, 1.54) is 26.4 Å². The van der Waals surface area contributed by atoms with Gasteiger partial charge < -0.3 is 15.8 Å². The summed E-state index contributed by atoms with van der Waals surface area (Å²) in [6, 6.07) is 6.23. The number of anilines is 1. The number of hydrogen-bond donors (Lipinski definition) is 2. The van der Waals surface area contributed by atoms with Crippen molar-refractivity contribution in [2.45, 2.75) is 44.6 Å². The van der Waals surface area contributed by atoms with Crippen molar-refractivity contribution in [2.75, 3.05) is 12.8 Å². The molecule has 1 fully saturated rings. The van der Waals surface area contributed by atoms with Crippen molar-refractivity contribution in [2.24, 2.45) is 5.92 Å². The van der Waals surface area contributed by atoms with Gasteiger partial charge >= 0.3 is 5.97 Å². The van der Waals surface area contributed by atoms with Crippen LogP contribution >= 0.6 is 0 Å². The standard InChI is InChI=1S/C17H24N2O3/c1-22-17(21)15(11-12-7-3-2-4-8-12)19-16(20)13-9-5-6-10-14(13)18/h5-6,9-10,12,15H,2-4,7-8,11,18H2,1H3,(H,19,20)/t15-/m0/s1. The molecule has 0 saturated heterocycles. The molecule has 3 N–H and O–H groups in total. The lowest BCUT2D eigenvalue weighted by Gasteiger charge is -2.26. The van der Waals surface area contributed by atoms with E-state index in [1.807, 2.05) is 0 Å². The van der Waals surface area contributed by atoms with E-state index < -0.39 is 12.0 Å². The topological polar surface area (TPSA) is 81.4 Å². The van der Waals surface area contributed by atoms with Gasteiger partial charge in [-0.1, -0.05) is 44.2 Å². The Morgan fingerprint density at radius 2 is 1.95 bits per heavy atom. The van der Waals surface area contributed by atoms with Crippen LogP contribution in [-0.4, -0.2) is 25.0 Å². The molecule has 0 heterocycles. The van der Waals surface area contributed by atoms with E-state index in [4.69, 9.17) is 10.5 Å². The molecule has 1 amide bonds. The first-order valence-electron chi connectivity index (χ1n) is 7.85. The first kappa shape index (κ1) is 16.3. The lowest BCUT2D eigenvalue weighted by atomic mass is 9.84. The Morgan fingerprint density at radius 1 is 1.27 bits per heavy atom. The molecule has 1 aromatic rings. The normalized spacial score (nSPS) is 16.8. The molecule has 5 nitrogen and oxygen atoms in total. The number of nitrogens with one attached hydrogen (secondary N) is 1. The molecule has 0 spiro atoms. The van der Waals surface area contributed by atoms with Crippen LogP contribution in [0.3, 0.4) is 0 Å². The van der Waals surface area contributed by atoms with Gasteiger partial charge in [0.1, 0.15) is 6.04 Å². The fourth-order valence-electron chi connectivity index (χ4n) is 3.05. The lowest BCUT2D eigenvalue weighted by molar-refractivity contribution is -0.143. The largest absolute Gasteiger partial charge is 0.467 e. The van der Waals surface area contributed by atoms with Crippen LogP contribution in [0.1, 0.15) is 48.9 Å². The van der Waals surface area contributed by atoms with E-state index in [-0.39, 0.29) is 5.91 Å². The van der Waals surface area contributed by atoms with Crippen molar-refractivity contribution in [3.63, 3.8) is 0 Å². The number of nitrogen functional groups attached to an aromatic ring is 1. The van der Waals surface area contributed by atoms with Gasteiger partial charge in [0, 0.05) is 5.69 Å². The molecule has 0 aromatic heterocycles. The Kier molecular flexibility index (Phi) is 5.81. The van der Waals surface area contributed by atoms with Crippen LogP contribution in [0, 0.1) is 5.92 Å². The highest BCUT2D eigenvalue weighted by molar-refractivity contribution is 6.00. The number of carbonyl (C=O) groups is 2. The van der Waals surface area contributed by atoms with Gasteiger partial charge in [0.15, 0.2) is 0 Å². The van der Waals surface area contributed by atoms with Gasteiger partial charge in [0.2, 0.25) is 0 Å². The second-order valence-corrected chi connectivity index (χ2v) is 5.88. The molecule has 1 aliphatic carbocycles. The van der Waals surface area contributed by atoms with E-state index in [9.17, 15) is 9.59 Å². The zero-order valence-electron chi connectivity index (χ0n) is 13.0. The first-order chi connectivity index (χ1) is 10.6. The summed E-state index contributed by atoms with van der Waals surface area (Å²) >= 11 is 0. The molecule has 0 radical (unpaired) electrons. The molecule has 22 heavy (non-hydrogen) atoms. The molecular formula is C17H24N2O3. The summed E-state index contributed by atoms with van der Waals surface area (Å²) in [6.07, 6.45) is 6.49. The van der Waals surface area contributed by atoms with Crippen molar-refractivity contribution in [3.05, 3.63) is 29.8 Å². The van der Waals surface area contributed by atoms with Crippen LogP contribution in [-0.2, 0) is 9.53 Å².